The van der Waals surface area contributed by atoms with Crippen LogP contribution in [0.1, 0.15) is 79.6 Å². The first-order chi connectivity index (χ1) is 10.8. The van der Waals surface area contributed by atoms with Crippen LogP contribution in [0.2, 0.25) is 0 Å². The van der Waals surface area contributed by atoms with Crippen molar-refractivity contribution >= 4 is 24.4 Å². The maximum Gasteiger partial charge on any atom is 0.316 e. The van der Waals surface area contributed by atoms with Gasteiger partial charge >= 0.3 is 5.97 Å². The Balaban J connectivity index is 0.00000127. The largest absolute Gasteiger partial charge is 0.459 e. The molecule has 23 heavy (non-hydrogen) atoms. The highest BCUT2D eigenvalue weighted by atomic mass is 31.0. The zero-order valence-corrected chi connectivity index (χ0v) is 18.2. The molecule has 2 aliphatic carbocycles. The van der Waals surface area contributed by atoms with E-state index in [0.29, 0.717) is 12.1 Å². The zero-order chi connectivity index (χ0) is 17.7. The van der Waals surface area contributed by atoms with Gasteiger partial charge in [0.1, 0.15) is 5.60 Å². The van der Waals surface area contributed by atoms with Crippen LogP contribution in [0.15, 0.2) is 0 Å². The lowest BCUT2D eigenvalue weighted by molar-refractivity contribution is -0.166. The molecule has 0 N–H and O–H groups in total. The van der Waals surface area contributed by atoms with Gasteiger partial charge in [-0.05, 0) is 63.9 Å². The number of carbonyl (C=O) groups excluding carboxylic acids is 1. The third-order valence-electron chi connectivity index (χ3n) is 5.77. The topological polar surface area (TPSA) is 26.3 Å². The molecule has 0 amide bonds. The second-order valence-corrected chi connectivity index (χ2v) is 9.61. The van der Waals surface area contributed by atoms with Gasteiger partial charge in [-0.15, -0.1) is 18.5 Å². The fraction of sp³-hybridized carbons (Fsp3) is 0.947. The first kappa shape index (κ1) is 21.4. The van der Waals surface area contributed by atoms with Crippen molar-refractivity contribution in [2.75, 3.05) is 6.16 Å². The number of ether oxygens (including phenoxy) is 1. The molecule has 0 saturated heterocycles. The van der Waals surface area contributed by atoms with Gasteiger partial charge in [0, 0.05) is 0 Å². The monoisotopic (exact) mass is 360 g/mol. The van der Waals surface area contributed by atoms with Gasteiger partial charge in [-0.1, -0.05) is 39.5 Å². The van der Waals surface area contributed by atoms with Gasteiger partial charge in [0.15, 0.2) is 0 Å². The number of carbonyl (C=O) groups is 1. The van der Waals surface area contributed by atoms with E-state index >= 15 is 0 Å². The van der Waals surface area contributed by atoms with Crippen molar-refractivity contribution in [3.8, 4) is 0 Å². The van der Waals surface area contributed by atoms with Crippen molar-refractivity contribution < 1.29 is 9.53 Å². The van der Waals surface area contributed by atoms with Gasteiger partial charge in [0.2, 0.25) is 0 Å². The van der Waals surface area contributed by atoms with Crippen LogP contribution in [0.25, 0.3) is 0 Å². The van der Waals surface area contributed by atoms with Crippen molar-refractivity contribution in [2.24, 2.45) is 17.8 Å². The summed E-state index contributed by atoms with van der Waals surface area (Å²) in [5.41, 5.74) is -0.336. The molecule has 2 saturated carbocycles. The molecule has 2 rings (SSSR count). The Morgan fingerprint density at radius 2 is 1.61 bits per heavy atom. The highest BCUT2D eigenvalue weighted by Crippen LogP contribution is 2.46. The molecule has 6 unspecified atom stereocenters. The third-order valence-corrected chi connectivity index (χ3v) is 7.56. The normalized spacial score (nSPS) is 30.3. The van der Waals surface area contributed by atoms with Gasteiger partial charge in [0.05, 0.1) is 5.16 Å². The lowest BCUT2D eigenvalue weighted by atomic mass is 9.64. The van der Waals surface area contributed by atoms with Crippen LogP contribution in [0.4, 0.5) is 0 Å². The molecule has 0 aromatic heterocycles. The first-order valence-corrected chi connectivity index (χ1v) is 10.9. The average Bonchev–Trinajstić information content (AvgIpc) is 2.55. The molecule has 2 nitrogen and oxygen atoms in total. The molecule has 2 aliphatic rings. The summed E-state index contributed by atoms with van der Waals surface area (Å²) >= 11 is 0. The fourth-order valence-electron chi connectivity index (χ4n) is 4.03. The van der Waals surface area contributed by atoms with E-state index in [1.807, 2.05) is 20.8 Å². The second kappa shape index (κ2) is 9.15. The van der Waals surface area contributed by atoms with Crippen molar-refractivity contribution in [2.45, 2.75) is 90.3 Å². The molecule has 0 aromatic rings. The Morgan fingerprint density at radius 1 is 1.04 bits per heavy atom. The molecule has 136 valence electrons. The Labute approximate surface area is 148 Å². The molecule has 0 radical (unpaired) electrons. The summed E-state index contributed by atoms with van der Waals surface area (Å²) in [6.07, 6.45) is 10.1. The highest BCUT2D eigenvalue weighted by molar-refractivity contribution is 7.25. The van der Waals surface area contributed by atoms with Crippen LogP contribution in [0, 0.1) is 17.8 Å². The fourth-order valence-corrected chi connectivity index (χ4v) is 4.25. The van der Waals surface area contributed by atoms with Crippen LogP contribution in [0.5, 0.6) is 0 Å². The van der Waals surface area contributed by atoms with Gasteiger partial charge in [-0.3, -0.25) is 4.79 Å². The van der Waals surface area contributed by atoms with E-state index in [0.717, 1.165) is 11.8 Å². The minimum atomic E-state index is -0.482. The van der Waals surface area contributed by atoms with E-state index in [1.165, 1.54) is 44.9 Å². The van der Waals surface area contributed by atoms with Crippen molar-refractivity contribution in [3.63, 3.8) is 0 Å². The van der Waals surface area contributed by atoms with Crippen LogP contribution < -0.4 is 0 Å². The van der Waals surface area contributed by atoms with E-state index in [4.69, 9.17) is 4.74 Å². The predicted octanol–water partition coefficient (Wildman–Crippen LogP) is 5.45. The molecule has 0 aliphatic heterocycles. The summed E-state index contributed by atoms with van der Waals surface area (Å²) in [7, 11) is 5.28. The second-order valence-electron chi connectivity index (χ2n) is 7.93. The summed E-state index contributed by atoms with van der Waals surface area (Å²) in [5.74, 6) is 2.25. The summed E-state index contributed by atoms with van der Waals surface area (Å²) in [5, 5.41) is -0.482. The number of fused-ring (bicyclic) bond motifs is 1. The summed E-state index contributed by atoms with van der Waals surface area (Å²) < 4.78 is 5.94. The number of esters is 1. The van der Waals surface area contributed by atoms with Crippen molar-refractivity contribution in [3.05, 3.63) is 0 Å². The molecule has 4 heteroatoms. The van der Waals surface area contributed by atoms with E-state index in [2.05, 4.69) is 32.3 Å². The predicted molar refractivity (Wildman–Crippen MR) is 107 cm³/mol. The van der Waals surface area contributed by atoms with Gasteiger partial charge in [0.25, 0.3) is 0 Å². The SMILES string of the molecule is CC.CC(P)(CP)C(=O)OC(C)(C)C1CCC2CCCCC2C1. The van der Waals surface area contributed by atoms with E-state index < -0.39 is 5.16 Å². The molecule has 0 bridgehead atoms. The Hall–Kier alpha value is 0.330. The smallest absolute Gasteiger partial charge is 0.316 e. The molecule has 0 spiro atoms. The molecular weight excluding hydrogens is 322 g/mol. The molecule has 0 heterocycles. The average molecular weight is 360 g/mol. The van der Waals surface area contributed by atoms with E-state index in [1.54, 1.807) is 0 Å². The summed E-state index contributed by atoms with van der Waals surface area (Å²) in [6, 6.07) is 0. The van der Waals surface area contributed by atoms with Gasteiger partial charge in [-0.25, -0.2) is 0 Å². The summed E-state index contributed by atoms with van der Waals surface area (Å²) in [6.45, 7) is 10.2. The van der Waals surface area contributed by atoms with E-state index in [9.17, 15) is 4.79 Å². The molecule has 2 fully saturated rings. The number of rotatable bonds is 4. The minimum Gasteiger partial charge on any atom is -0.459 e. The van der Waals surface area contributed by atoms with Crippen LogP contribution >= 0.6 is 18.5 Å². The molecule has 6 atom stereocenters. The standard InChI is InChI=1S/C17H32O2P2.C2H6/c1-16(2,19-15(18)17(3,21)11-20)14-9-8-12-6-4-5-7-13(12)10-14;1-2/h12-14H,4-11,20-21H2,1-3H3;1-2H3. The summed E-state index contributed by atoms with van der Waals surface area (Å²) in [4.78, 5) is 12.4. The molecule has 0 aromatic carbocycles. The maximum atomic E-state index is 12.4. The molecular formula is C19H38O2P2. The zero-order valence-electron chi connectivity index (χ0n) is 15.9. The maximum absolute atomic E-state index is 12.4. The lowest BCUT2D eigenvalue weighted by Crippen LogP contribution is -2.45. The third kappa shape index (κ3) is 5.67. The van der Waals surface area contributed by atoms with Gasteiger partial charge in [-0.2, -0.15) is 0 Å². The first-order valence-electron chi connectivity index (χ1n) is 9.48. The minimum absolute atomic E-state index is 0.0849. The van der Waals surface area contributed by atoms with Crippen LogP contribution in [-0.2, 0) is 9.53 Å². The Bertz CT molecular complexity index is 380. The Morgan fingerprint density at radius 3 is 2.17 bits per heavy atom. The lowest BCUT2D eigenvalue weighted by Gasteiger charge is -2.45. The van der Waals surface area contributed by atoms with Crippen LogP contribution in [0.3, 0.4) is 0 Å². The number of hydrogen-bond acceptors (Lipinski definition) is 2. The van der Waals surface area contributed by atoms with Crippen molar-refractivity contribution in [1.82, 2.24) is 0 Å². The number of hydrogen-bond donors (Lipinski definition) is 0. The van der Waals surface area contributed by atoms with E-state index in [-0.39, 0.29) is 11.6 Å². The quantitative estimate of drug-likeness (QED) is 0.492. The van der Waals surface area contributed by atoms with Gasteiger partial charge < -0.3 is 4.74 Å². The van der Waals surface area contributed by atoms with Crippen LogP contribution in [-0.4, -0.2) is 22.9 Å². The van der Waals surface area contributed by atoms with Crippen molar-refractivity contribution in [1.29, 1.82) is 0 Å². The Kier molecular flexibility index (Phi) is 8.50. The highest BCUT2D eigenvalue weighted by Gasteiger charge is 2.42.